The van der Waals surface area contributed by atoms with Gasteiger partial charge in [0.05, 0.1) is 23.9 Å². The van der Waals surface area contributed by atoms with Crippen LogP contribution in [0.1, 0.15) is 17.5 Å². The van der Waals surface area contributed by atoms with Crippen LogP contribution in [0.15, 0.2) is 42.7 Å². The van der Waals surface area contributed by atoms with E-state index in [4.69, 9.17) is 9.47 Å². The zero-order chi connectivity index (χ0) is 17.6. The largest absolute Gasteiger partial charge is 0.490 e. The Balaban J connectivity index is 1.70. The fraction of sp³-hybridized carbons (Fsp3) is 0.368. The van der Waals surface area contributed by atoms with Gasteiger partial charge in [-0.05, 0) is 36.2 Å². The van der Waals surface area contributed by atoms with Crippen LogP contribution in [0.25, 0.3) is 0 Å². The number of aromatic nitrogens is 1. The maximum atomic E-state index is 13.3. The normalized spacial score (nSPS) is 20.4. The first kappa shape index (κ1) is 17.3. The van der Waals surface area contributed by atoms with Crippen molar-refractivity contribution in [2.24, 2.45) is 0 Å². The molecule has 0 amide bonds. The molecule has 1 saturated heterocycles. The third kappa shape index (κ3) is 4.32. The molecule has 0 N–H and O–H groups in total. The minimum atomic E-state index is -0.395. The number of benzene rings is 1. The summed E-state index contributed by atoms with van der Waals surface area (Å²) in [6.45, 7) is 1.82. The fourth-order valence-corrected chi connectivity index (χ4v) is 3.11. The second kappa shape index (κ2) is 8.06. The van der Waals surface area contributed by atoms with Gasteiger partial charge in [-0.2, -0.15) is 5.26 Å². The van der Waals surface area contributed by atoms with Crippen molar-refractivity contribution in [1.82, 2.24) is 9.88 Å². The number of nitriles is 1. The highest BCUT2D eigenvalue weighted by Crippen LogP contribution is 2.24. The van der Waals surface area contributed by atoms with E-state index in [0.29, 0.717) is 18.7 Å². The molecule has 2 atom stereocenters. The first-order valence-electron chi connectivity index (χ1n) is 8.17. The van der Waals surface area contributed by atoms with Crippen LogP contribution >= 0.6 is 0 Å². The Morgan fingerprint density at radius 2 is 2.28 bits per heavy atom. The predicted molar refractivity (Wildman–Crippen MR) is 90.5 cm³/mol. The van der Waals surface area contributed by atoms with Crippen molar-refractivity contribution < 1.29 is 13.9 Å². The summed E-state index contributed by atoms with van der Waals surface area (Å²) in [6.07, 6.45) is 4.35. The van der Waals surface area contributed by atoms with Gasteiger partial charge in [-0.1, -0.05) is 6.07 Å². The lowest BCUT2D eigenvalue weighted by molar-refractivity contribution is 0.107. The molecule has 25 heavy (non-hydrogen) atoms. The van der Waals surface area contributed by atoms with Gasteiger partial charge in [0.2, 0.25) is 0 Å². The molecule has 2 aromatic rings. The van der Waals surface area contributed by atoms with Gasteiger partial charge in [0.25, 0.3) is 0 Å². The number of likely N-dealkylation sites (tertiary alicyclic amines) is 1. The minimum absolute atomic E-state index is 0.119. The topological polar surface area (TPSA) is 58.4 Å². The first-order chi connectivity index (χ1) is 12.2. The highest BCUT2D eigenvalue weighted by Gasteiger charge is 2.33. The molecule has 1 fully saturated rings. The van der Waals surface area contributed by atoms with Crippen LogP contribution in [0.5, 0.6) is 5.75 Å². The Labute approximate surface area is 146 Å². The highest BCUT2D eigenvalue weighted by molar-refractivity contribution is 5.38. The van der Waals surface area contributed by atoms with E-state index in [2.05, 4.69) is 16.0 Å². The van der Waals surface area contributed by atoms with Gasteiger partial charge < -0.3 is 9.47 Å². The van der Waals surface area contributed by atoms with Gasteiger partial charge in [0.1, 0.15) is 18.2 Å². The van der Waals surface area contributed by atoms with Crippen molar-refractivity contribution in [2.45, 2.75) is 25.1 Å². The average molecular weight is 341 g/mol. The average Bonchev–Trinajstić information content (AvgIpc) is 3.04. The molecule has 0 saturated carbocycles. The third-order valence-electron chi connectivity index (χ3n) is 4.47. The zero-order valence-electron chi connectivity index (χ0n) is 14.1. The summed E-state index contributed by atoms with van der Waals surface area (Å²) < 4.78 is 24.7. The van der Waals surface area contributed by atoms with Crippen molar-refractivity contribution in [3.63, 3.8) is 0 Å². The number of pyridine rings is 1. The van der Waals surface area contributed by atoms with Crippen molar-refractivity contribution in [1.29, 1.82) is 5.26 Å². The maximum Gasteiger partial charge on any atom is 0.137 e. The molecule has 5 nitrogen and oxygen atoms in total. The van der Waals surface area contributed by atoms with E-state index < -0.39 is 5.82 Å². The Bertz CT molecular complexity index is 748. The monoisotopic (exact) mass is 341 g/mol. The molecule has 0 bridgehead atoms. The van der Waals surface area contributed by atoms with E-state index >= 15 is 0 Å². The molecule has 0 unspecified atom stereocenters. The third-order valence-corrected chi connectivity index (χ3v) is 4.47. The molecule has 6 heteroatoms. The van der Waals surface area contributed by atoms with Crippen LogP contribution in [0.4, 0.5) is 4.39 Å². The molecule has 0 spiro atoms. The molecule has 1 aliphatic rings. The summed E-state index contributed by atoms with van der Waals surface area (Å²) in [7, 11) is 1.70. The van der Waals surface area contributed by atoms with Crippen molar-refractivity contribution >= 4 is 0 Å². The number of ether oxygens (including phenoxy) is 2. The van der Waals surface area contributed by atoms with E-state index in [-0.39, 0.29) is 12.1 Å². The summed E-state index contributed by atoms with van der Waals surface area (Å²) >= 11 is 0. The number of methoxy groups -OCH3 is 1. The quantitative estimate of drug-likeness (QED) is 0.809. The summed E-state index contributed by atoms with van der Waals surface area (Å²) in [5, 5.41) is 9.24. The van der Waals surface area contributed by atoms with Crippen molar-refractivity contribution in [3.05, 3.63) is 59.7 Å². The van der Waals surface area contributed by atoms with Crippen LogP contribution in [-0.2, 0) is 11.3 Å². The van der Waals surface area contributed by atoms with Crippen LogP contribution in [0.3, 0.4) is 0 Å². The second-order valence-electron chi connectivity index (χ2n) is 6.09. The Morgan fingerprint density at radius 1 is 1.40 bits per heavy atom. The lowest BCUT2D eigenvalue weighted by Crippen LogP contribution is -2.34. The van der Waals surface area contributed by atoms with E-state index in [0.717, 1.165) is 24.3 Å². The molecule has 0 aliphatic carbocycles. The summed E-state index contributed by atoms with van der Waals surface area (Å²) in [5.41, 5.74) is 1.18. The molecule has 1 aromatic carbocycles. The number of halogens is 1. The SMILES string of the molecule is CO[C@@H]1C[C@@H](COc2cccnc2)N(Cc2ccc(F)cc2C#N)C1. The van der Waals surface area contributed by atoms with Crippen LogP contribution in [-0.4, -0.2) is 42.3 Å². The standard InChI is InChI=1S/C19H20FN3O2/c1-24-19-8-17(13-25-18-3-2-6-22-10-18)23(12-19)11-14-4-5-16(20)7-15(14)9-21/h2-7,10,17,19H,8,11-13H2,1H3/t17-,19+/m0/s1. The summed E-state index contributed by atoms with van der Waals surface area (Å²) in [4.78, 5) is 6.26. The number of hydrogen-bond donors (Lipinski definition) is 0. The second-order valence-corrected chi connectivity index (χ2v) is 6.09. The van der Waals surface area contributed by atoms with Gasteiger partial charge in [-0.15, -0.1) is 0 Å². The van der Waals surface area contributed by atoms with Crippen LogP contribution in [0.2, 0.25) is 0 Å². The molecule has 3 rings (SSSR count). The molecule has 1 aromatic heterocycles. The summed E-state index contributed by atoms with van der Waals surface area (Å²) in [5.74, 6) is 0.329. The van der Waals surface area contributed by atoms with Gasteiger partial charge in [0.15, 0.2) is 0 Å². The number of hydrogen-bond acceptors (Lipinski definition) is 5. The predicted octanol–water partition coefficient (Wildman–Crippen LogP) is 2.76. The fourth-order valence-electron chi connectivity index (χ4n) is 3.11. The van der Waals surface area contributed by atoms with E-state index in [1.165, 1.54) is 12.1 Å². The minimum Gasteiger partial charge on any atom is -0.490 e. The summed E-state index contributed by atoms with van der Waals surface area (Å²) in [6, 6.07) is 10.3. The van der Waals surface area contributed by atoms with Gasteiger partial charge in [-0.25, -0.2) is 4.39 Å². The number of rotatable bonds is 6. The first-order valence-corrected chi connectivity index (χ1v) is 8.17. The van der Waals surface area contributed by atoms with Crippen LogP contribution < -0.4 is 4.74 Å². The maximum absolute atomic E-state index is 13.3. The van der Waals surface area contributed by atoms with Gasteiger partial charge in [-0.3, -0.25) is 9.88 Å². The van der Waals surface area contributed by atoms with Crippen molar-refractivity contribution in [2.75, 3.05) is 20.3 Å². The Morgan fingerprint density at radius 3 is 3.00 bits per heavy atom. The molecule has 1 aliphatic heterocycles. The lowest BCUT2D eigenvalue weighted by Gasteiger charge is -2.24. The highest BCUT2D eigenvalue weighted by atomic mass is 19.1. The Kier molecular flexibility index (Phi) is 5.59. The van der Waals surface area contributed by atoms with E-state index in [1.54, 1.807) is 25.6 Å². The van der Waals surface area contributed by atoms with Crippen LogP contribution in [0, 0.1) is 17.1 Å². The van der Waals surface area contributed by atoms with E-state index in [1.807, 2.05) is 12.1 Å². The molecular formula is C19H20FN3O2. The Hall–Kier alpha value is -2.49. The molecular weight excluding hydrogens is 321 g/mol. The zero-order valence-corrected chi connectivity index (χ0v) is 14.1. The molecule has 130 valence electrons. The van der Waals surface area contributed by atoms with Crippen molar-refractivity contribution in [3.8, 4) is 11.8 Å². The van der Waals surface area contributed by atoms with E-state index in [9.17, 15) is 9.65 Å². The van der Waals surface area contributed by atoms with Gasteiger partial charge >= 0.3 is 0 Å². The van der Waals surface area contributed by atoms with Gasteiger partial charge in [0, 0.05) is 32.4 Å². The lowest BCUT2D eigenvalue weighted by atomic mass is 10.1. The molecule has 0 radical (unpaired) electrons. The smallest absolute Gasteiger partial charge is 0.137 e. The number of nitrogens with zero attached hydrogens (tertiary/aromatic N) is 3. The molecule has 2 heterocycles.